The molecule has 0 bridgehead atoms. The first-order chi connectivity index (χ1) is 6.03. The van der Waals surface area contributed by atoms with Crippen LogP contribution in [0.15, 0.2) is 18.2 Å². The SMILES string of the molecule is CC1(C)C(=O)Cc2c(O)cccc21. The molecule has 13 heavy (non-hydrogen) atoms. The smallest absolute Gasteiger partial charge is 0.147 e. The Morgan fingerprint density at radius 1 is 1.38 bits per heavy atom. The molecule has 0 atom stereocenters. The molecular formula is C11H12O2. The van der Waals surface area contributed by atoms with Crippen molar-refractivity contribution in [3.05, 3.63) is 29.3 Å². The van der Waals surface area contributed by atoms with Gasteiger partial charge in [-0.05, 0) is 25.5 Å². The van der Waals surface area contributed by atoms with Gasteiger partial charge in [0.1, 0.15) is 11.5 Å². The molecule has 0 spiro atoms. The molecule has 1 N–H and O–H groups in total. The minimum Gasteiger partial charge on any atom is -0.508 e. The average molecular weight is 176 g/mol. The van der Waals surface area contributed by atoms with Gasteiger partial charge in [-0.3, -0.25) is 4.79 Å². The van der Waals surface area contributed by atoms with Gasteiger partial charge in [0.2, 0.25) is 0 Å². The Labute approximate surface area is 77.2 Å². The van der Waals surface area contributed by atoms with E-state index in [-0.39, 0.29) is 11.5 Å². The lowest BCUT2D eigenvalue weighted by Gasteiger charge is -2.16. The molecule has 2 nitrogen and oxygen atoms in total. The molecular weight excluding hydrogens is 164 g/mol. The molecule has 0 fully saturated rings. The van der Waals surface area contributed by atoms with Crippen LogP contribution >= 0.6 is 0 Å². The number of Topliss-reactive ketones (excluding diaryl/α,β-unsaturated/α-hetero) is 1. The number of phenolic OH excluding ortho intramolecular Hbond substituents is 1. The van der Waals surface area contributed by atoms with Crippen LogP contribution in [0.5, 0.6) is 5.75 Å². The van der Waals surface area contributed by atoms with E-state index in [1.807, 2.05) is 19.9 Å². The van der Waals surface area contributed by atoms with E-state index in [4.69, 9.17) is 0 Å². The van der Waals surface area contributed by atoms with E-state index in [9.17, 15) is 9.90 Å². The van der Waals surface area contributed by atoms with Crippen molar-refractivity contribution in [1.82, 2.24) is 0 Å². The first-order valence-corrected chi connectivity index (χ1v) is 4.38. The van der Waals surface area contributed by atoms with Crippen LogP contribution in [0.2, 0.25) is 0 Å². The molecule has 0 heterocycles. The number of aromatic hydroxyl groups is 1. The first-order valence-electron chi connectivity index (χ1n) is 4.38. The number of hydrogen-bond donors (Lipinski definition) is 1. The number of ketones is 1. The third kappa shape index (κ3) is 0.981. The Morgan fingerprint density at radius 3 is 2.69 bits per heavy atom. The van der Waals surface area contributed by atoms with Gasteiger partial charge in [0.05, 0.1) is 0 Å². The van der Waals surface area contributed by atoms with Crippen LogP contribution in [0.4, 0.5) is 0 Å². The lowest BCUT2D eigenvalue weighted by atomic mass is 9.86. The zero-order valence-corrected chi connectivity index (χ0v) is 7.79. The lowest BCUT2D eigenvalue weighted by Crippen LogP contribution is -2.23. The number of carbonyl (C=O) groups is 1. The fourth-order valence-electron chi connectivity index (χ4n) is 1.88. The number of rotatable bonds is 0. The highest BCUT2D eigenvalue weighted by Crippen LogP contribution is 2.39. The molecule has 2 heteroatoms. The number of fused-ring (bicyclic) bond motifs is 1. The molecule has 1 aliphatic rings. The predicted octanol–water partition coefficient (Wildman–Crippen LogP) is 1.79. The fourth-order valence-corrected chi connectivity index (χ4v) is 1.88. The summed E-state index contributed by atoms with van der Waals surface area (Å²) in [6.07, 6.45) is 0.370. The van der Waals surface area contributed by atoms with Gasteiger partial charge < -0.3 is 5.11 Å². The highest BCUT2D eigenvalue weighted by molar-refractivity contribution is 5.96. The van der Waals surface area contributed by atoms with E-state index in [2.05, 4.69) is 0 Å². The zero-order valence-electron chi connectivity index (χ0n) is 7.79. The predicted molar refractivity (Wildman–Crippen MR) is 49.8 cm³/mol. The van der Waals surface area contributed by atoms with Crippen LogP contribution in [-0.2, 0) is 16.6 Å². The first kappa shape index (κ1) is 8.30. The zero-order chi connectivity index (χ0) is 9.64. The maximum Gasteiger partial charge on any atom is 0.147 e. The minimum atomic E-state index is -0.423. The van der Waals surface area contributed by atoms with Gasteiger partial charge in [0.15, 0.2) is 0 Å². The highest BCUT2D eigenvalue weighted by atomic mass is 16.3. The van der Waals surface area contributed by atoms with E-state index in [1.165, 1.54) is 0 Å². The molecule has 0 unspecified atom stereocenters. The van der Waals surface area contributed by atoms with Gasteiger partial charge in [-0.2, -0.15) is 0 Å². The Morgan fingerprint density at radius 2 is 2.08 bits per heavy atom. The average Bonchev–Trinajstić information content (AvgIpc) is 2.28. The van der Waals surface area contributed by atoms with Crippen molar-refractivity contribution < 1.29 is 9.90 Å². The molecule has 0 radical (unpaired) electrons. The van der Waals surface area contributed by atoms with Gasteiger partial charge in [-0.15, -0.1) is 0 Å². The van der Waals surface area contributed by atoms with Gasteiger partial charge in [-0.1, -0.05) is 12.1 Å². The summed E-state index contributed by atoms with van der Waals surface area (Å²) in [6.45, 7) is 3.81. The Kier molecular flexibility index (Phi) is 1.50. The summed E-state index contributed by atoms with van der Waals surface area (Å²) in [5.74, 6) is 0.431. The summed E-state index contributed by atoms with van der Waals surface area (Å²) in [4.78, 5) is 11.6. The Bertz CT molecular complexity index is 378. The lowest BCUT2D eigenvalue weighted by molar-refractivity contribution is -0.121. The Hall–Kier alpha value is -1.31. The van der Waals surface area contributed by atoms with E-state index >= 15 is 0 Å². The third-order valence-corrected chi connectivity index (χ3v) is 2.86. The number of hydrogen-bond acceptors (Lipinski definition) is 2. The van der Waals surface area contributed by atoms with Crippen molar-refractivity contribution >= 4 is 5.78 Å². The largest absolute Gasteiger partial charge is 0.508 e. The second-order valence-electron chi connectivity index (χ2n) is 4.03. The minimum absolute atomic E-state index is 0.184. The molecule has 0 aromatic heterocycles. The summed E-state index contributed by atoms with van der Waals surface area (Å²) in [7, 11) is 0. The maximum atomic E-state index is 11.6. The van der Waals surface area contributed by atoms with Crippen LogP contribution < -0.4 is 0 Å². The van der Waals surface area contributed by atoms with Crippen molar-refractivity contribution in [2.75, 3.05) is 0 Å². The standard InChI is InChI=1S/C11H12O2/c1-11(2)8-4-3-5-9(12)7(8)6-10(11)13/h3-5,12H,6H2,1-2H3. The monoisotopic (exact) mass is 176 g/mol. The van der Waals surface area contributed by atoms with Crippen molar-refractivity contribution in [2.45, 2.75) is 25.7 Å². The van der Waals surface area contributed by atoms with Crippen molar-refractivity contribution in [2.24, 2.45) is 0 Å². The summed E-state index contributed by atoms with van der Waals surface area (Å²) in [5.41, 5.74) is 1.35. The van der Waals surface area contributed by atoms with Crippen LogP contribution in [0, 0.1) is 0 Å². The fraction of sp³-hybridized carbons (Fsp3) is 0.364. The summed E-state index contributed by atoms with van der Waals surface area (Å²) < 4.78 is 0. The van der Waals surface area contributed by atoms with Gasteiger partial charge >= 0.3 is 0 Å². The summed E-state index contributed by atoms with van der Waals surface area (Å²) in [6, 6.07) is 5.34. The maximum absolute atomic E-state index is 11.6. The second-order valence-corrected chi connectivity index (χ2v) is 4.03. The molecule has 1 aromatic rings. The normalized spacial score (nSPS) is 18.8. The van der Waals surface area contributed by atoms with Crippen molar-refractivity contribution in [3.8, 4) is 5.75 Å². The van der Waals surface area contributed by atoms with Crippen LogP contribution in [0.25, 0.3) is 0 Å². The van der Waals surface area contributed by atoms with E-state index < -0.39 is 5.41 Å². The van der Waals surface area contributed by atoms with Gasteiger partial charge in [0, 0.05) is 17.4 Å². The third-order valence-electron chi connectivity index (χ3n) is 2.86. The molecule has 0 saturated heterocycles. The van der Waals surface area contributed by atoms with E-state index in [1.54, 1.807) is 12.1 Å². The molecule has 68 valence electrons. The number of phenols is 1. The van der Waals surface area contributed by atoms with E-state index in [0.717, 1.165) is 11.1 Å². The van der Waals surface area contributed by atoms with E-state index in [0.29, 0.717) is 6.42 Å². The van der Waals surface area contributed by atoms with Crippen LogP contribution in [0.3, 0.4) is 0 Å². The number of benzene rings is 1. The summed E-state index contributed by atoms with van der Waals surface area (Å²) >= 11 is 0. The molecule has 1 aromatic carbocycles. The van der Waals surface area contributed by atoms with Gasteiger partial charge in [-0.25, -0.2) is 0 Å². The Balaban J connectivity index is 2.68. The molecule has 2 rings (SSSR count). The molecule has 0 aliphatic heterocycles. The molecule has 0 saturated carbocycles. The second kappa shape index (κ2) is 2.34. The topological polar surface area (TPSA) is 37.3 Å². The molecule has 1 aliphatic carbocycles. The van der Waals surface area contributed by atoms with Crippen LogP contribution in [-0.4, -0.2) is 10.9 Å². The van der Waals surface area contributed by atoms with Crippen LogP contribution in [0.1, 0.15) is 25.0 Å². The van der Waals surface area contributed by atoms with Gasteiger partial charge in [0.25, 0.3) is 0 Å². The van der Waals surface area contributed by atoms with Crippen molar-refractivity contribution in [3.63, 3.8) is 0 Å². The quantitative estimate of drug-likeness (QED) is 0.654. The molecule has 0 amide bonds. The highest BCUT2D eigenvalue weighted by Gasteiger charge is 2.38. The number of carbonyl (C=O) groups excluding carboxylic acids is 1. The summed E-state index contributed by atoms with van der Waals surface area (Å²) in [5, 5.41) is 9.53. The van der Waals surface area contributed by atoms with Crippen molar-refractivity contribution in [1.29, 1.82) is 0 Å².